The molecule has 0 unspecified atom stereocenters. The van der Waals surface area contributed by atoms with E-state index in [2.05, 4.69) is 5.32 Å². The van der Waals surface area contributed by atoms with E-state index in [-0.39, 0.29) is 6.42 Å². The molecule has 0 aromatic heterocycles. The topological polar surface area (TPSA) is 99.9 Å². The number of nitrogens with two attached hydrogens (primary N) is 1. The van der Waals surface area contributed by atoms with Crippen LogP contribution >= 0.6 is 0 Å². The van der Waals surface area contributed by atoms with Crippen molar-refractivity contribution in [2.75, 3.05) is 7.11 Å². The zero-order chi connectivity index (χ0) is 27.5. The Bertz CT molecular complexity index is 1350. The summed E-state index contributed by atoms with van der Waals surface area (Å²) in [5.74, 6) is 0.000826. The van der Waals surface area contributed by atoms with E-state index in [1.54, 1.807) is 18.2 Å². The molecule has 3 N–H and O–H groups in total. The summed E-state index contributed by atoms with van der Waals surface area (Å²) in [6.07, 6.45) is -0.695. The van der Waals surface area contributed by atoms with Gasteiger partial charge in [-0.15, -0.1) is 0 Å². The summed E-state index contributed by atoms with van der Waals surface area (Å²) in [6.45, 7) is 0.717. The third-order valence-corrected chi connectivity index (χ3v) is 6.16. The van der Waals surface area contributed by atoms with Crippen molar-refractivity contribution < 1.29 is 23.8 Å². The second-order valence-corrected chi connectivity index (χ2v) is 9.02. The Morgan fingerprint density at radius 1 is 0.718 bits per heavy atom. The summed E-state index contributed by atoms with van der Waals surface area (Å²) >= 11 is 0. The lowest BCUT2D eigenvalue weighted by Gasteiger charge is -2.21. The molecule has 0 saturated heterocycles. The standard InChI is InChI=1S/C32H32N2O5/c1-37-30(26-15-9-4-10-16-26)32(36)34-27(31(33)35)19-25-17-18-28(38-21-23-11-5-2-6-12-23)29(20-25)39-22-24-13-7-3-8-14-24/h2-18,20,27,30H,19,21-22H2,1H3,(H2,33,35)(H,34,36)/t27-,30-/m1/s1. The van der Waals surface area contributed by atoms with Crippen LogP contribution in [-0.2, 0) is 34.0 Å². The van der Waals surface area contributed by atoms with E-state index < -0.39 is 24.0 Å². The predicted molar refractivity (Wildman–Crippen MR) is 149 cm³/mol. The number of amides is 2. The van der Waals surface area contributed by atoms with Crippen LogP contribution in [0, 0.1) is 0 Å². The van der Waals surface area contributed by atoms with Crippen molar-refractivity contribution in [1.82, 2.24) is 5.32 Å². The highest BCUT2D eigenvalue weighted by Gasteiger charge is 2.26. The Morgan fingerprint density at radius 2 is 1.26 bits per heavy atom. The molecule has 2 atom stereocenters. The zero-order valence-electron chi connectivity index (χ0n) is 21.8. The molecule has 0 fully saturated rings. The second-order valence-electron chi connectivity index (χ2n) is 9.02. The molecule has 0 spiro atoms. The van der Waals surface area contributed by atoms with Crippen LogP contribution in [0.1, 0.15) is 28.4 Å². The fourth-order valence-electron chi connectivity index (χ4n) is 4.11. The van der Waals surface area contributed by atoms with E-state index >= 15 is 0 Å². The van der Waals surface area contributed by atoms with Crippen LogP contribution in [0.25, 0.3) is 0 Å². The Balaban J connectivity index is 1.51. The fourth-order valence-corrected chi connectivity index (χ4v) is 4.11. The molecule has 2 amide bonds. The van der Waals surface area contributed by atoms with E-state index in [4.69, 9.17) is 19.9 Å². The molecular weight excluding hydrogens is 492 g/mol. The van der Waals surface area contributed by atoms with E-state index in [9.17, 15) is 9.59 Å². The number of ether oxygens (including phenoxy) is 3. The van der Waals surface area contributed by atoms with Crippen molar-refractivity contribution in [3.63, 3.8) is 0 Å². The van der Waals surface area contributed by atoms with Crippen molar-refractivity contribution in [3.8, 4) is 11.5 Å². The first-order valence-corrected chi connectivity index (χ1v) is 12.7. The van der Waals surface area contributed by atoms with Crippen molar-refractivity contribution in [1.29, 1.82) is 0 Å². The SMILES string of the molecule is CO[C@@H](C(=O)N[C@H](Cc1ccc(OCc2ccccc2)c(OCc2ccccc2)c1)C(N)=O)c1ccccc1. The van der Waals surface area contributed by atoms with Gasteiger partial charge in [-0.05, 0) is 34.4 Å². The molecule has 7 nitrogen and oxygen atoms in total. The van der Waals surface area contributed by atoms with Crippen molar-refractivity contribution in [2.45, 2.75) is 31.8 Å². The van der Waals surface area contributed by atoms with Gasteiger partial charge >= 0.3 is 0 Å². The number of benzene rings is 4. The maximum absolute atomic E-state index is 13.0. The van der Waals surface area contributed by atoms with E-state index in [0.717, 1.165) is 16.7 Å². The molecule has 0 saturated carbocycles. The van der Waals surface area contributed by atoms with Crippen LogP contribution in [0.2, 0.25) is 0 Å². The van der Waals surface area contributed by atoms with Gasteiger partial charge in [-0.1, -0.05) is 97.1 Å². The Hall–Kier alpha value is -4.62. The number of nitrogens with one attached hydrogen (secondary N) is 1. The van der Waals surface area contributed by atoms with Crippen LogP contribution < -0.4 is 20.5 Å². The monoisotopic (exact) mass is 524 g/mol. The summed E-state index contributed by atoms with van der Waals surface area (Å²) in [7, 11) is 1.45. The number of carbonyl (C=O) groups excluding carboxylic acids is 2. The molecule has 0 aliphatic rings. The van der Waals surface area contributed by atoms with Gasteiger partial charge in [-0.25, -0.2) is 0 Å². The Kier molecular flexibility index (Phi) is 9.69. The summed E-state index contributed by atoms with van der Waals surface area (Å²) < 4.78 is 17.6. The van der Waals surface area contributed by atoms with Crippen LogP contribution in [0.4, 0.5) is 0 Å². The van der Waals surface area contributed by atoms with Crippen molar-refractivity contribution >= 4 is 11.8 Å². The zero-order valence-corrected chi connectivity index (χ0v) is 21.8. The highest BCUT2D eigenvalue weighted by atomic mass is 16.5. The third-order valence-electron chi connectivity index (χ3n) is 6.16. The highest BCUT2D eigenvalue weighted by molar-refractivity contribution is 5.89. The lowest BCUT2D eigenvalue weighted by Crippen LogP contribution is -2.47. The van der Waals surface area contributed by atoms with Crippen molar-refractivity contribution in [3.05, 3.63) is 131 Å². The highest BCUT2D eigenvalue weighted by Crippen LogP contribution is 2.31. The first kappa shape index (κ1) is 27.4. The van der Waals surface area contributed by atoms with Gasteiger partial charge in [0.25, 0.3) is 5.91 Å². The number of carbonyl (C=O) groups is 2. The smallest absolute Gasteiger partial charge is 0.254 e. The van der Waals surface area contributed by atoms with Crippen molar-refractivity contribution in [2.24, 2.45) is 5.73 Å². The number of primary amides is 1. The van der Waals surface area contributed by atoms with Crippen LogP contribution in [0.5, 0.6) is 11.5 Å². The fraction of sp³-hybridized carbons (Fsp3) is 0.188. The third kappa shape index (κ3) is 7.93. The first-order valence-electron chi connectivity index (χ1n) is 12.7. The van der Waals surface area contributed by atoms with Gasteiger partial charge in [0.1, 0.15) is 19.3 Å². The minimum atomic E-state index is -0.947. The summed E-state index contributed by atoms with van der Waals surface area (Å²) in [6, 6.07) is 33.2. The van der Waals surface area contributed by atoms with Gasteiger partial charge < -0.3 is 25.3 Å². The maximum atomic E-state index is 13.0. The molecule has 4 rings (SSSR count). The molecule has 0 aliphatic heterocycles. The van der Waals surface area contributed by atoms with Gasteiger partial charge in [0.05, 0.1) is 0 Å². The summed E-state index contributed by atoms with van der Waals surface area (Å²) in [5.41, 5.74) is 9.14. The molecule has 39 heavy (non-hydrogen) atoms. The molecule has 200 valence electrons. The normalized spacial score (nSPS) is 12.2. The van der Waals surface area contributed by atoms with E-state index in [0.29, 0.717) is 30.3 Å². The predicted octanol–water partition coefficient (Wildman–Crippen LogP) is 4.74. The van der Waals surface area contributed by atoms with Gasteiger partial charge in [-0.3, -0.25) is 9.59 Å². The number of methoxy groups -OCH3 is 1. The minimum absolute atomic E-state index is 0.174. The summed E-state index contributed by atoms with van der Waals surface area (Å²) in [5, 5.41) is 2.74. The number of rotatable bonds is 13. The largest absolute Gasteiger partial charge is 0.485 e. The van der Waals surface area contributed by atoms with Gasteiger partial charge in [0, 0.05) is 13.5 Å². The molecule has 7 heteroatoms. The molecule has 4 aromatic carbocycles. The van der Waals surface area contributed by atoms with E-state index in [1.165, 1.54) is 7.11 Å². The minimum Gasteiger partial charge on any atom is -0.485 e. The van der Waals surface area contributed by atoms with Gasteiger partial charge in [0.2, 0.25) is 5.91 Å². The van der Waals surface area contributed by atoms with Gasteiger partial charge in [0.15, 0.2) is 17.6 Å². The molecule has 0 radical (unpaired) electrons. The average molecular weight is 525 g/mol. The van der Waals surface area contributed by atoms with Crippen LogP contribution in [0.3, 0.4) is 0 Å². The maximum Gasteiger partial charge on any atom is 0.254 e. The lowest BCUT2D eigenvalue weighted by atomic mass is 10.0. The number of hydrogen-bond donors (Lipinski definition) is 2. The summed E-state index contributed by atoms with van der Waals surface area (Å²) in [4.78, 5) is 25.3. The average Bonchev–Trinajstić information content (AvgIpc) is 2.97. The Labute approximate surface area is 228 Å². The quantitative estimate of drug-likeness (QED) is 0.263. The van der Waals surface area contributed by atoms with Crippen LogP contribution in [-0.4, -0.2) is 25.0 Å². The second kappa shape index (κ2) is 13.8. The van der Waals surface area contributed by atoms with E-state index in [1.807, 2.05) is 91.0 Å². The van der Waals surface area contributed by atoms with Crippen LogP contribution in [0.15, 0.2) is 109 Å². The lowest BCUT2D eigenvalue weighted by molar-refractivity contribution is -0.134. The molecule has 0 heterocycles. The molecule has 0 bridgehead atoms. The molecule has 4 aromatic rings. The molecular formula is C32H32N2O5. The van der Waals surface area contributed by atoms with Gasteiger partial charge in [-0.2, -0.15) is 0 Å². The molecule has 0 aliphatic carbocycles. The Morgan fingerprint density at radius 3 is 1.79 bits per heavy atom. The number of hydrogen-bond acceptors (Lipinski definition) is 5. The first-order chi connectivity index (χ1) is 19.0.